The number of terminal acetylenes is 1. The van der Waals surface area contributed by atoms with E-state index in [4.69, 9.17) is 34.4 Å². The van der Waals surface area contributed by atoms with Crippen LogP contribution in [0.5, 0.6) is 5.75 Å². The molecule has 1 unspecified atom stereocenters. The first-order valence-electron chi connectivity index (χ1n) is 10.1. The molecule has 0 aromatic heterocycles. The monoisotopic (exact) mass is 433 g/mol. The van der Waals surface area contributed by atoms with Crippen LogP contribution >= 0.6 is 23.2 Å². The van der Waals surface area contributed by atoms with Gasteiger partial charge < -0.3 is 14.7 Å². The van der Waals surface area contributed by atoms with Gasteiger partial charge in [0.1, 0.15) is 5.75 Å². The van der Waals surface area contributed by atoms with Gasteiger partial charge in [0, 0.05) is 27.7 Å². The number of benzene rings is 2. The average molecular weight is 434 g/mol. The van der Waals surface area contributed by atoms with Crippen molar-refractivity contribution in [3.8, 4) is 18.1 Å². The Morgan fingerprint density at radius 1 is 1.03 bits per heavy atom. The van der Waals surface area contributed by atoms with Gasteiger partial charge in [0.25, 0.3) is 0 Å². The Morgan fingerprint density at radius 2 is 1.69 bits per heavy atom. The summed E-state index contributed by atoms with van der Waals surface area (Å²) in [5.41, 5.74) is -0.665. The van der Waals surface area contributed by atoms with E-state index in [1.807, 2.05) is 12.1 Å². The molecule has 0 fully saturated rings. The maximum absolute atomic E-state index is 11.1. The van der Waals surface area contributed by atoms with Crippen LogP contribution in [0.3, 0.4) is 0 Å². The van der Waals surface area contributed by atoms with Crippen LogP contribution in [0.1, 0.15) is 44.2 Å². The van der Waals surface area contributed by atoms with E-state index in [1.54, 1.807) is 30.3 Å². The van der Waals surface area contributed by atoms with Gasteiger partial charge in [-0.2, -0.15) is 0 Å². The van der Waals surface area contributed by atoms with E-state index in [1.165, 1.54) is 0 Å². The molecule has 0 heterocycles. The van der Waals surface area contributed by atoms with E-state index in [2.05, 4.69) is 24.7 Å². The first-order chi connectivity index (χ1) is 13.9. The summed E-state index contributed by atoms with van der Waals surface area (Å²) in [5.74, 6) is 3.20. The van der Waals surface area contributed by atoms with Crippen molar-refractivity contribution in [2.24, 2.45) is 0 Å². The minimum Gasteiger partial charge on any atom is -0.494 e. The van der Waals surface area contributed by atoms with Crippen molar-refractivity contribution in [2.75, 3.05) is 26.2 Å². The normalized spacial score (nSPS) is 13.1. The lowest BCUT2D eigenvalue weighted by atomic mass is 9.87. The predicted octanol–water partition coefficient (Wildman–Crippen LogP) is 5.75. The second-order valence-electron chi connectivity index (χ2n) is 7.05. The van der Waals surface area contributed by atoms with Crippen LogP contribution in [0.4, 0.5) is 0 Å². The second kappa shape index (κ2) is 11.5. The van der Waals surface area contributed by atoms with Gasteiger partial charge in [-0.05, 0) is 56.6 Å². The lowest BCUT2D eigenvalue weighted by Crippen LogP contribution is -2.27. The zero-order chi connectivity index (χ0) is 21.3. The molecule has 3 nitrogen and oxygen atoms in total. The van der Waals surface area contributed by atoms with E-state index < -0.39 is 5.60 Å². The highest BCUT2D eigenvalue weighted by atomic mass is 35.5. The minimum absolute atomic E-state index is 0.321. The number of rotatable bonds is 11. The zero-order valence-corrected chi connectivity index (χ0v) is 18.6. The predicted molar refractivity (Wildman–Crippen MR) is 122 cm³/mol. The highest BCUT2D eigenvalue weighted by molar-refractivity contribution is 6.35. The van der Waals surface area contributed by atoms with Crippen LogP contribution in [0, 0.1) is 12.3 Å². The highest BCUT2D eigenvalue weighted by Gasteiger charge is 2.31. The number of halogens is 2. The number of aliphatic hydroxyl groups is 1. The van der Waals surface area contributed by atoms with E-state index in [9.17, 15) is 5.11 Å². The van der Waals surface area contributed by atoms with Crippen LogP contribution in [0.2, 0.25) is 10.0 Å². The Hall–Kier alpha value is -1.70. The molecule has 0 aliphatic rings. The fraction of sp³-hybridized carbons (Fsp3) is 0.417. The Kier molecular flexibility index (Phi) is 9.33. The van der Waals surface area contributed by atoms with Crippen molar-refractivity contribution in [3.05, 3.63) is 63.6 Å². The van der Waals surface area contributed by atoms with Gasteiger partial charge >= 0.3 is 0 Å². The van der Waals surface area contributed by atoms with Gasteiger partial charge in [0.2, 0.25) is 0 Å². The van der Waals surface area contributed by atoms with Crippen molar-refractivity contribution in [2.45, 2.75) is 38.7 Å². The molecule has 0 saturated carbocycles. The van der Waals surface area contributed by atoms with Crippen molar-refractivity contribution in [1.29, 1.82) is 0 Å². The van der Waals surface area contributed by atoms with Crippen LogP contribution in [-0.4, -0.2) is 36.2 Å². The van der Waals surface area contributed by atoms with Crippen LogP contribution in [-0.2, 0) is 5.60 Å². The molecule has 1 N–H and O–H groups in total. The van der Waals surface area contributed by atoms with E-state index in [0.717, 1.165) is 44.6 Å². The summed E-state index contributed by atoms with van der Waals surface area (Å²) in [4.78, 5) is 2.47. The van der Waals surface area contributed by atoms with Gasteiger partial charge in [-0.1, -0.05) is 61.2 Å². The summed E-state index contributed by atoms with van der Waals surface area (Å²) in [7, 11) is 0. The van der Waals surface area contributed by atoms with Gasteiger partial charge in [0.05, 0.1) is 6.61 Å². The summed E-state index contributed by atoms with van der Waals surface area (Å²) in [5, 5.41) is 11.9. The summed E-state index contributed by atoms with van der Waals surface area (Å²) in [6, 6.07) is 12.0. The van der Waals surface area contributed by atoms with Gasteiger partial charge in [-0.15, -0.1) is 6.42 Å². The number of ether oxygens (including phenoxy) is 1. The minimum atomic E-state index is -1.64. The molecule has 0 amide bonds. The lowest BCUT2D eigenvalue weighted by molar-refractivity contribution is 0.145. The maximum atomic E-state index is 11.1. The van der Waals surface area contributed by atoms with E-state index in [0.29, 0.717) is 27.8 Å². The summed E-state index contributed by atoms with van der Waals surface area (Å²) in [6.07, 6.45) is 8.96. The molecule has 0 saturated heterocycles. The number of hydrogen-bond acceptors (Lipinski definition) is 3. The molecule has 0 spiro atoms. The van der Waals surface area contributed by atoms with Gasteiger partial charge in [-0.3, -0.25) is 0 Å². The Balaban J connectivity index is 2.00. The first-order valence-corrected chi connectivity index (χ1v) is 10.8. The third kappa shape index (κ3) is 6.39. The van der Waals surface area contributed by atoms with Crippen LogP contribution < -0.4 is 4.74 Å². The van der Waals surface area contributed by atoms with Crippen molar-refractivity contribution in [3.63, 3.8) is 0 Å². The molecule has 0 aliphatic heterocycles. The largest absolute Gasteiger partial charge is 0.494 e. The molecular weight excluding hydrogens is 405 g/mol. The smallest absolute Gasteiger partial charge is 0.178 e. The summed E-state index contributed by atoms with van der Waals surface area (Å²) in [6.45, 7) is 8.34. The molecule has 2 aromatic carbocycles. The standard InChI is InChI=1S/C24H29Cl2NO2/c1-4-14-27(15-5-2)16-7-17-29-21-11-8-19(9-12-21)24(28,6-3)22-13-10-20(25)18-23(22)26/h3,8-13,18,28H,4-5,7,14-17H2,1-2H3. The zero-order valence-electron chi connectivity index (χ0n) is 17.1. The fourth-order valence-corrected chi connectivity index (χ4v) is 3.88. The average Bonchev–Trinajstić information content (AvgIpc) is 2.71. The second-order valence-corrected chi connectivity index (χ2v) is 7.89. The maximum Gasteiger partial charge on any atom is 0.178 e. The molecular formula is C24H29Cl2NO2. The van der Waals surface area contributed by atoms with Crippen LogP contribution in [0.25, 0.3) is 0 Å². The third-order valence-electron chi connectivity index (χ3n) is 4.77. The Morgan fingerprint density at radius 3 is 2.24 bits per heavy atom. The van der Waals surface area contributed by atoms with Crippen molar-refractivity contribution >= 4 is 23.2 Å². The molecule has 5 heteroatoms. The molecule has 2 aromatic rings. The number of nitrogens with zero attached hydrogens (tertiary/aromatic N) is 1. The summed E-state index contributed by atoms with van der Waals surface area (Å²) < 4.78 is 5.86. The molecule has 0 radical (unpaired) electrons. The van der Waals surface area contributed by atoms with Crippen LogP contribution in [0.15, 0.2) is 42.5 Å². The van der Waals surface area contributed by atoms with E-state index >= 15 is 0 Å². The molecule has 0 bridgehead atoms. The molecule has 156 valence electrons. The van der Waals surface area contributed by atoms with Gasteiger partial charge in [-0.25, -0.2) is 0 Å². The van der Waals surface area contributed by atoms with Gasteiger partial charge in [0.15, 0.2) is 5.60 Å². The van der Waals surface area contributed by atoms with Crippen molar-refractivity contribution in [1.82, 2.24) is 4.90 Å². The Labute approximate surface area is 184 Å². The SMILES string of the molecule is C#CC(O)(c1ccc(OCCCN(CCC)CCC)cc1)c1ccc(Cl)cc1Cl. The first kappa shape index (κ1) is 23.6. The number of hydrogen-bond donors (Lipinski definition) is 1. The quantitative estimate of drug-likeness (QED) is 0.361. The molecule has 29 heavy (non-hydrogen) atoms. The van der Waals surface area contributed by atoms with E-state index in [-0.39, 0.29) is 0 Å². The van der Waals surface area contributed by atoms with Crippen molar-refractivity contribution < 1.29 is 9.84 Å². The summed E-state index contributed by atoms with van der Waals surface area (Å²) >= 11 is 12.2. The molecule has 1 atom stereocenters. The molecule has 2 rings (SSSR count). The lowest BCUT2D eigenvalue weighted by Gasteiger charge is -2.25. The highest BCUT2D eigenvalue weighted by Crippen LogP contribution is 2.35. The third-order valence-corrected chi connectivity index (χ3v) is 5.32. The topological polar surface area (TPSA) is 32.7 Å². The molecule has 0 aliphatic carbocycles. The fourth-order valence-electron chi connectivity index (χ4n) is 3.34. The Bertz CT molecular complexity index is 811.